The van der Waals surface area contributed by atoms with Gasteiger partial charge in [-0.2, -0.15) is 0 Å². The topological polar surface area (TPSA) is 55.1 Å². The lowest BCUT2D eigenvalue weighted by Gasteiger charge is -2.48. The second kappa shape index (κ2) is 6.02. The molecular weight excluding hydrogens is 326 g/mol. The number of aryl methyl sites for hydroxylation is 1. The second-order valence-electron chi connectivity index (χ2n) is 6.44. The van der Waals surface area contributed by atoms with Crippen molar-refractivity contribution in [2.75, 3.05) is 26.4 Å². The van der Waals surface area contributed by atoms with Gasteiger partial charge in [0.25, 0.3) is 0 Å². The van der Waals surface area contributed by atoms with Crippen LogP contribution in [-0.2, 0) is 4.74 Å². The van der Waals surface area contributed by atoms with Crippen molar-refractivity contribution in [2.24, 2.45) is 0 Å². The fourth-order valence-electron chi connectivity index (χ4n) is 3.22. The first-order valence-electron chi connectivity index (χ1n) is 8.07. The van der Waals surface area contributed by atoms with Crippen molar-refractivity contribution >= 4 is 22.7 Å². The molecule has 0 amide bonds. The number of fused-ring (bicyclic) bond motifs is 1. The summed E-state index contributed by atoms with van der Waals surface area (Å²) in [4.78, 5) is 3.37. The smallest absolute Gasteiger partial charge is 0.134 e. The first-order chi connectivity index (χ1) is 11.6. The molecule has 1 unspecified atom stereocenters. The number of nitrogens with zero attached hydrogens (tertiary/aromatic N) is 1. The average Bonchev–Trinajstić information content (AvgIpc) is 3.07. The largest absolute Gasteiger partial charge is 0.488 e. The van der Waals surface area contributed by atoms with Crippen molar-refractivity contribution in [1.29, 1.82) is 0 Å². The van der Waals surface area contributed by atoms with Crippen LogP contribution in [0.3, 0.4) is 0 Å². The van der Waals surface area contributed by atoms with Crippen LogP contribution < -0.4 is 4.74 Å². The van der Waals surface area contributed by atoms with Crippen LogP contribution in [0.15, 0.2) is 39.8 Å². The molecule has 2 aliphatic rings. The third-order valence-electron chi connectivity index (χ3n) is 4.57. The fourth-order valence-corrected chi connectivity index (χ4v) is 4.36. The first-order valence-corrected chi connectivity index (χ1v) is 8.95. The molecule has 0 aliphatic carbocycles. The molecule has 3 heterocycles. The molecule has 1 fully saturated rings. The average molecular weight is 347 g/mol. The Morgan fingerprint density at radius 1 is 1.38 bits per heavy atom. The van der Waals surface area contributed by atoms with Crippen molar-refractivity contribution in [1.82, 2.24) is 4.90 Å². The van der Waals surface area contributed by atoms with Gasteiger partial charge in [-0.15, -0.1) is 11.8 Å². The Morgan fingerprint density at radius 3 is 2.92 bits per heavy atom. The Kier molecular flexibility index (Phi) is 3.98. The molecule has 1 N–H and O–H groups in total. The number of hydrogen-bond donors (Lipinski definition) is 1. The molecule has 1 aromatic carbocycles. The van der Waals surface area contributed by atoms with Crippen molar-refractivity contribution in [2.45, 2.75) is 24.8 Å². The van der Waals surface area contributed by atoms with Gasteiger partial charge in [0.05, 0.1) is 25.2 Å². The molecule has 1 aromatic heterocycles. The van der Waals surface area contributed by atoms with E-state index in [4.69, 9.17) is 13.9 Å². The van der Waals surface area contributed by atoms with E-state index in [9.17, 15) is 5.11 Å². The van der Waals surface area contributed by atoms with Crippen LogP contribution in [0.1, 0.15) is 12.7 Å². The summed E-state index contributed by atoms with van der Waals surface area (Å²) in [6.45, 7) is 5.88. The molecule has 4 rings (SSSR count). The molecule has 1 atom stereocenters. The predicted molar refractivity (Wildman–Crippen MR) is 94.1 cm³/mol. The first kappa shape index (κ1) is 15.9. The highest BCUT2D eigenvalue weighted by atomic mass is 32.2. The lowest BCUT2D eigenvalue weighted by atomic mass is 9.96. The predicted octanol–water partition coefficient (Wildman–Crippen LogP) is 3.12. The fraction of sp³-hybridized carbons (Fsp3) is 0.444. The maximum Gasteiger partial charge on any atom is 0.134 e. The number of benzene rings is 1. The van der Waals surface area contributed by atoms with E-state index in [1.54, 1.807) is 11.8 Å². The summed E-state index contributed by atoms with van der Waals surface area (Å²) < 4.78 is 16.9. The zero-order valence-corrected chi connectivity index (χ0v) is 14.6. The maximum absolute atomic E-state index is 9.71. The minimum atomic E-state index is -0.263. The van der Waals surface area contributed by atoms with E-state index in [2.05, 4.69) is 18.0 Å². The van der Waals surface area contributed by atoms with Gasteiger partial charge < -0.3 is 23.9 Å². The lowest BCUT2D eigenvalue weighted by molar-refractivity contribution is -0.146. The summed E-state index contributed by atoms with van der Waals surface area (Å²) in [5, 5.41) is 11.0. The monoisotopic (exact) mass is 347 g/mol. The summed E-state index contributed by atoms with van der Waals surface area (Å²) >= 11 is 1.77. The Bertz CT molecular complexity index is 775. The molecule has 6 heteroatoms. The summed E-state index contributed by atoms with van der Waals surface area (Å²) in [6.07, 6.45) is 2.11. The molecule has 2 aliphatic heterocycles. The SMILES string of the molecule is Cc1cc2cc(OCC3=CN(C4(CO)COC4)C(C)S3)ccc2o1. The molecule has 2 aromatic rings. The number of ether oxygens (including phenoxy) is 2. The van der Waals surface area contributed by atoms with Gasteiger partial charge in [0.15, 0.2) is 0 Å². The van der Waals surface area contributed by atoms with Crippen LogP contribution in [-0.4, -0.2) is 47.3 Å². The molecule has 0 bridgehead atoms. The number of furan rings is 1. The lowest BCUT2D eigenvalue weighted by Crippen LogP contribution is -2.63. The molecule has 24 heavy (non-hydrogen) atoms. The molecular formula is C18H21NO4S. The van der Waals surface area contributed by atoms with Gasteiger partial charge in [0.1, 0.15) is 29.2 Å². The highest BCUT2D eigenvalue weighted by molar-refractivity contribution is 8.03. The molecule has 0 radical (unpaired) electrons. The molecule has 0 saturated carbocycles. The summed E-state index contributed by atoms with van der Waals surface area (Å²) in [7, 11) is 0. The third kappa shape index (κ3) is 2.68. The second-order valence-corrected chi connectivity index (χ2v) is 7.88. The van der Waals surface area contributed by atoms with E-state index in [1.807, 2.05) is 31.2 Å². The molecule has 0 spiro atoms. The van der Waals surface area contributed by atoms with Crippen LogP contribution in [0, 0.1) is 6.92 Å². The van der Waals surface area contributed by atoms with E-state index in [0.717, 1.165) is 27.4 Å². The number of rotatable bonds is 5. The zero-order chi connectivity index (χ0) is 16.7. The van der Waals surface area contributed by atoms with Gasteiger partial charge in [-0.1, -0.05) is 0 Å². The van der Waals surface area contributed by atoms with E-state index in [0.29, 0.717) is 19.8 Å². The Hall–Kier alpha value is -1.63. The Balaban J connectivity index is 1.45. The van der Waals surface area contributed by atoms with Gasteiger partial charge in [-0.05, 0) is 38.1 Å². The Labute approximate surface area is 145 Å². The summed E-state index contributed by atoms with van der Waals surface area (Å²) in [6, 6.07) is 7.89. The minimum absolute atomic E-state index is 0.110. The third-order valence-corrected chi connectivity index (χ3v) is 5.67. The molecule has 5 nitrogen and oxygen atoms in total. The summed E-state index contributed by atoms with van der Waals surface area (Å²) in [5.74, 6) is 1.73. The van der Waals surface area contributed by atoms with Crippen molar-refractivity contribution in [3.05, 3.63) is 41.1 Å². The maximum atomic E-state index is 9.71. The van der Waals surface area contributed by atoms with Gasteiger partial charge in [0, 0.05) is 16.5 Å². The number of thioether (sulfide) groups is 1. The quantitative estimate of drug-likeness (QED) is 0.897. The zero-order valence-electron chi connectivity index (χ0n) is 13.8. The van der Waals surface area contributed by atoms with Crippen LogP contribution in [0.4, 0.5) is 0 Å². The van der Waals surface area contributed by atoms with Gasteiger partial charge in [0.2, 0.25) is 0 Å². The normalized spacial score (nSPS) is 22.5. The molecule has 1 saturated heterocycles. The Morgan fingerprint density at radius 2 is 2.21 bits per heavy atom. The van der Waals surface area contributed by atoms with Crippen molar-refractivity contribution < 1.29 is 19.0 Å². The molecule has 128 valence electrons. The van der Waals surface area contributed by atoms with Crippen LogP contribution in [0.2, 0.25) is 0 Å². The van der Waals surface area contributed by atoms with E-state index in [-0.39, 0.29) is 17.5 Å². The van der Waals surface area contributed by atoms with Crippen LogP contribution in [0.25, 0.3) is 11.0 Å². The highest BCUT2D eigenvalue weighted by Gasteiger charge is 2.46. The van der Waals surface area contributed by atoms with Crippen molar-refractivity contribution in [3.63, 3.8) is 0 Å². The van der Waals surface area contributed by atoms with Gasteiger partial charge in [-0.3, -0.25) is 0 Å². The van der Waals surface area contributed by atoms with Crippen LogP contribution in [0.5, 0.6) is 5.75 Å². The van der Waals surface area contributed by atoms with Gasteiger partial charge in [-0.25, -0.2) is 0 Å². The van der Waals surface area contributed by atoms with Crippen LogP contribution >= 0.6 is 11.8 Å². The number of aliphatic hydroxyl groups excluding tert-OH is 1. The summed E-state index contributed by atoms with van der Waals surface area (Å²) in [5.41, 5.74) is 0.616. The van der Waals surface area contributed by atoms with E-state index < -0.39 is 0 Å². The standard InChI is InChI=1S/C18H21NO4S/c1-12-5-14-6-15(3-4-17(14)23-12)22-8-16-7-19(13(2)24-16)18(9-20)10-21-11-18/h3-7,13,20H,8-11H2,1-2H3. The van der Waals surface area contributed by atoms with Crippen molar-refractivity contribution in [3.8, 4) is 5.75 Å². The van der Waals surface area contributed by atoms with E-state index >= 15 is 0 Å². The number of hydrogen-bond acceptors (Lipinski definition) is 6. The van der Waals surface area contributed by atoms with E-state index in [1.165, 1.54) is 0 Å². The van der Waals surface area contributed by atoms with Gasteiger partial charge >= 0.3 is 0 Å². The number of aliphatic hydroxyl groups is 1. The highest BCUT2D eigenvalue weighted by Crippen LogP contribution is 2.40. The minimum Gasteiger partial charge on any atom is -0.488 e.